The van der Waals surface area contributed by atoms with Crippen LogP contribution in [0.2, 0.25) is 0 Å². The van der Waals surface area contributed by atoms with Crippen molar-refractivity contribution < 1.29 is 9.59 Å². The quantitative estimate of drug-likeness (QED) is 0.847. The lowest BCUT2D eigenvalue weighted by Crippen LogP contribution is -2.50. The van der Waals surface area contributed by atoms with Crippen LogP contribution < -0.4 is 5.32 Å². The molecule has 0 saturated carbocycles. The number of rotatable bonds is 5. The van der Waals surface area contributed by atoms with Crippen molar-refractivity contribution in [2.45, 2.75) is 32.2 Å². The minimum atomic E-state index is -0.516. The maximum atomic E-state index is 13.0. The lowest BCUT2D eigenvalue weighted by atomic mass is 9.96. The third kappa shape index (κ3) is 3.35. The highest BCUT2D eigenvalue weighted by atomic mass is 16.2. The monoisotopic (exact) mass is 336 g/mol. The molecule has 0 bridgehead atoms. The van der Waals surface area contributed by atoms with E-state index in [2.05, 4.69) is 17.1 Å². The molecule has 4 nitrogen and oxygen atoms in total. The van der Waals surface area contributed by atoms with Gasteiger partial charge in [-0.25, -0.2) is 0 Å². The molecule has 2 aromatic rings. The first-order valence-electron chi connectivity index (χ1n) is 8.81. The number of nitrogens with one attached hydrogen (secondary N) is 1. The number of carbonyl (C=O) groups excluding carboxylic acids is 2. The molecule has 0 aromatic heterocycles. The first-order chi connectivity index (χ1) is 12.1. The summed E-state index contributed by atoms with van der Waals surface area (Å²) in [5.41, 5.74) is 1.20. The fraction of sp³-hybridized carbons (Fsp3) is 0.333. The first kappa shape index (κ1) is 17.4. The zero-order valence-electron chi connectivity index (χ0n) is 14.8. The molecule has 1 amide bonds. The number of likely N-dealkylation sites (N-methyl/N-ethyl adjacent to an activating group) is 1. The first-order valence-corrected chi connectivity index (χ1v) is 8.81. The minimum Gasteiger partial charge on any atom is -0.324 e. The van der Waals surface area contributed by atoms with E-state index < -0.39 is 5.54 Å². The second kappa shape index (κ2) is 7.19. The van der Waals surface area contributed by atoms with Crippen LogP contribution in [0, 0.1) is 0 Å². The van der Waals surface area contributed by atoms with Crippen LogP contribution in [0.4, 0.5) is 5.69 Å². The number of amides is 1. The van der Waals surface area contributed by atoms with E-state index in [9.17, 15) is 9.59 Å². The Morgan fingerprint density at radius 1 is 1.08 bits per heavy atom. The zero-order chi connectivity index (χ0) is 17.9. The number of nitrogens with zero attached hydrogens (tertiary/aromatic N) is 1. The third-order valence-electron chi connectivity index (χ3n) is 5.12. The third-order valence-corrected chi connectivity index (χ3v) is 5.12. The molecule has 0 aliphatic carbocycles. The summed E-state index contributed by atoms with van der Waals surface area (Å²) in [7, 11) is 0. The predicted octanol–water partition coefficient (Wildman–Crippen LogP) is 3.73. The summed E-state index contributed by atoms with van der Waals surface area (Å²) in [5, 5.41) is 3.01. The van der Waals surface area contributed by atoms with Crippen LogP contribution in [-0.2, 0) is 4.79 Å². The fourth-order valence-corrected chi connectivity index (χ4v) is 3.58. The lowest BCUT2D eigenvalue weighted by molar-refractivity contribution is -0.125. The van der Waals surface area contributed by atoms with Gasteiger partial charge in [-0.05, 0) is 45.0 Å². The number of benzene rings is 2. The van der Waals surface area contributed by atoms with Gasteiger partial charge >= 0.3 is 0 Å². The Morgan fingerprint density at radius 2 is 1.76 bits per heavy atom. The fourth-order valence-electron chi connectivity index (χ4n) is 3.58. The maximum Gasteiger partial charge on any atom is 0.244 e. The zero-order valence-corrected chi connectivity index (χ0v) is 14.8. The van der Waals surface area contributed by atoms with E-state index in [1.54, 1.807) is 24.3 Å². The van der Waals surface area contributed by atoms with Crippen LogP contribution in [0.15, 0.2) is 54.6 Å². The van der Waals surface area contributed by atoms with Gasteiger partial charge in [-0.1, -0.05) is 49.4 Å². The molecule has 4 heteroatoms. The summed E-state index contributed by atoms with van der Waals surface area (Å²) in [5.74, 6) is -0.124. The second-order valence-electron chi connectivity index (χ2n) is 6.65. The van der Waals surface area contributed by atoms with Gasteiger partial charge in [0.2, 0.25) is 5.91 Å². The van der Waals surface area contributed by atoms with Gasteiger partial charge in [-0.15, -0.1) is 0 Å². The van der Waals surface area contributed by atoms with Crippen molar-refractivity contribution in [1.82, 2.24) is 4.90 Å². The summed E-state index contributed by atoms with van der Waals surface area (Å²) < 4.78 is 0. The smallest absolute Gasteiger partial charge is 0.244 e. The molecular weight excluding hydrogens is 312 g/mol. The summed E-state index contributed by atoms with van der Waals surface area (Å²) in [6.45, 7) is 5.84. The normalized spacial score (nSPS) is 20.4. The van der Waals surface area contributed by atoms with Gasteiger partial charge < -0.3 is 5.32 Å². The SMILES string of the molecule is CCN1CCC[C@]1(C)C(=O)Nc1ccccc1C(=O)c1ccccc1. The number of carbonyl (C=O) groups is 2. The van der Waals surface area contributed by atoms with E-state index in [1.807, 2.05) is 37.3 Å². The van der Waals surface area contributed by atoms with Crippen molar-refractivity contribution in [1.29, 1.82) is 0 Å². The van der Waals surface area contributed by atoms with Crippen LogP contribution in [0.5, 0.6) is 0 Å². The summed E-state index contributed by atoms with van der Waals surface area (Å²) in [6.07, 6.45) is 1.85. The molecule has 0 radical (unpaired) electrons. The Bertz CT molecular complexity index is 772. The number of hydrogen-bond donors (Lipinski definition) is 1. The summed E-state index contributed by atoms with van der Waals surface area (Å²) in [4.78, 5) is 28.0. The van der Waals surface area contributed by atoms with E-state index in [-0.39, 0.29) is 11.7 Å². The average Bonchev–Trinajstić information content (AvgIpc) is 3.04. The van der Waals surface area contributed by atoms with Crippen LogP contribution in [0.25, 0.3) is 0 Å². The van der Waals surface area contributed by atoms with E-state index in [0.717, 1.165) is 25.9 Å². The molecule has 1 heterocycles. The van der Waals surface area contributed by atoms with Crippen molar-refractivity contribution in [2.24, 2.45) is 0 Å². The Hall–Kier alpha value is -2.46. The topological polar surface area (TPSA) is 49.4 Å². The Labute approximate surface area is 148 Å². The summed E-state index contributed by atoms with van der Waals surface area (Å²) in [6, 6.07) is 16.4. The largest absolute Gasteiger partial charge is 0.324 e. The molecule has 1 atom stereocenters. The molecular formula is C21H24N2O2. The number of anilines is 1. The van der Waals surface area contributed by atoms with Gasteiger partial charge in [0.05, 0.1) is 11.2 Å². The average molecular weight is 336 g/mol. The van der Waals surface area contributed by atoms with Crippen molar-refractivity contribution in [2.75, 3.05) is 18.4 Å². The molecule has 3 rings (SSSR count). The second-order valence-corrected chi connectivity index (χ2v) is 6.65. The number of ketones is 1. The minimum absolute atomic E-state index is 0.0415. The van der Waals surface area contributed by atoms with E-state index in [0.29, 0.717) is 16.8 Å². The molecule has 0 spiro atoms. The van der Waals surface area contributed by atoms with E-state index in [4.69, 9.17) is 0 Å². The molecule has 0 unspecified atom stereocenters. The number of para-hydroxylation sites is 1. The molecule has 1 N–H and O–H groups in total. The highest BCUT2D eigenvalue weighted by Gasteiger charge is 2.42. The Balaban J connectivity index is 1.87. The number of likely N-dealkylation sites (tertiary alicyclic amines) is 1. The van der Waals surface area contributed by atoms with Crippen LogP contribution >= 0.6 is 0 Å². The lowest BCUT2D eigenvalue weighted by Gasteiger charge is -2.33. The highest BCUT2D eigenvalue weighted by Crippen LogP contribution is 2.30. The van der Waals surface area contributed by atoms with Gasteiger partial charge in [-0.3, -0.25) is 14.5 Å². The van der Waals surface area contributed by atoms with Crippen molar-refractivity contribution in [3.63, 3.8) is 0 Å². The maximum absolute atomic E-state index is 13.0. The van der Waals surface area contributed by atoms with Crippen molar-refractivity contribution >= 4 is 17.4 Å². The molecule has 1 aliphatic heterocycles. The molecule has 1 aliphatic rings. The Morgan fingerprint density at radius 3 is 2.48 bits per heavy atom. The van der Waals surface area contributed by atoms with Gasteiger partial charge in [-0.2, -0.15) is 0 Å². The van der Waals surface area contributed by atoms with E-state index >= 15 is 0 Å². The molecule has 25 heavy (non-hydrogen) atoms. The molecule has 1 saturated heterocycles. The van der Waals surface area contributed by atoms with Crippen molar-refractivity contribution in [3.8, 4) is 0 Å². The van der Waals surface area contributed by atoms with Crippen LogP contribution in [-0.4, -0.2) is 35.2 Å². The van der Waals surface area contributed by atoms with Crippen LogP contribution in [0.1, 0.15) is 42.6 Å². The summed E-state index contributed by atoms with van der Waals surface area (Å²) >= 11 is 0. The predicted molar refractivity (Wildman–Crippen MR) is 99.8 cm³/mol. The molecule has 1 fully saturated rings. The number of hydrogen-bond acceptors (Lipinski definition) is 3. The van der Waals surface area contributed by atoms with Gasteiger partial charge in [0.15, 0.2) is 5.78 Å². The van der Waals surface area contributed by atoms with Gasteiger partial charge in [0, 0.05) is 11.1 Å². The van der Waals surface area contributed by atoms with Gasteiger partial charge in [0.25, 0.3) is 0 Å². The highest BCUT2D eigenvalue weighted by molar-refractivity contribution is 6.14. The molecule has 130 valence electrons. The Kier molecular flexibility index (Phi) is 5.00. The molecule has 2 aromatic carbocycles. The van der Waals surface area contributed by atoms with Crippen molar-refractivity contribution in [3.05, 3.63) is 65.7 Å². The standard InChI is InChI=1S/C21H24N2O2/c1-3-23-15-9-14-21(23,2)20(25)22-18-13-8-7-12-17(18)19(24)16-10-5-4-6-11-16/h4-8,10-13H,3,9,14-15H2,1-2H3,(H,22,25)/t21-/m1/s1. The van der Waals surface area contributed by atoms with Gasteiger partial charge in [0.1, 0.15) is 0 Å². The van der Waals surface area contributed by atoms with E-state index in [1.165, 1.54) is 0 Å². The van der Waals surface area contributed by atoms with Crippen LogP contribution in [0.3, 0.4) is 0 Å².